The van der Waals surface area contributed by atoms with Gasteiger partial charge in [0.15, 0.2) is 0 Å². The highest BCUT2D eigenvalue weighted by Gasteiger charge is 1.95. The van der Waals surface area contributed by atoms with E-state index >= 15 is 0 Å². The van der Waals surface area contributed by atoms with Crippen molar-refractivity contribution in [1.29, 1.82) is 0 Å². The number of halogens is 1. The van der Waals surface area contributed by atoms with Gasteiger partial charge in [-0.25, -0.2) is 4.39 Å². The van der Waals surface area contributed by atoms with Crippen LogP contribution in [-0.2, 0) is 0 Å². The van der Waals surface area contributed by atoms with Crippen LogP contribution in [0.3, 0.4) is 0 Å². The Morgan fingerprint density at radius 1 is 0.400 bits per heavy atom. The molecule has 0 spiro atoms. The topological polar surface area (TPSA) is 0 Å². The summed E-state index contributed by atoms with van der Waals surface area (Å²) in [6.07, 6.45) is 30.1. The van der Waals surface area contributed by atoms with E-state index < -0.39 is 0 Å². The van der Waals surface area contributed by atoms with E-state index in [2.05, 4.69) is 6.92 Å². The van der Waals surface area contributed by atoms with Crippen molar-refractivity contribution in [2.75, 3.05) is 0 Å². The highest BCUT2D eigenvalue weighted by atomic mass is 19.1. The zero-order chi connectivity index (χ0) is 18.3. The molecule has 151 valence electrons. The van der Waals surface area contributed by atoms with Crippen LogP contribution in [0.2, 0.25) is 0 Å². The standard InChI is InChI=1S/C24H48F/c1-2-3-4-5-6-7-8-9-10-11-12-13-14-15-16-17-18-19-20-21-22-23-24-25/h24H,2-23H2,1H3. The van der Waals surface area contributed by atoms with Crippen LogP contribution in [0.4, 0.5) is 4.39 Å². The molecule has 1 radical (unpaired) electrons. The smallest absolute Gasteiger partial charge is 0.131 e. The molecule has 0 aliphatic rings. The number of unbranched alkanes of at least 4 members (excludes halogenated alkanes) is 21. The number of hydrogen-bond acceptors (Lipinski definition) is 0. The lowest BCUT2D eigenvalue weighted by Crippen LogP contribution is -1.84. The van der Waals surface area contributed by atoms with Crippen LogP contribution < -0.4 is 0 Å². The van der Waals surface area contributed by atoms with Gasteiger partial charge in [0.1, 0.15) is 6.67 Å². The maximum atomic E-state index is 11.8. The first-order valence-electron chi connectivity index (χ1n) is 11.8. The monoisotopic (exact) mass is 355 g/mol. The van der Waals surface area contributed by atoms with Crippen LogP contribution in [0.15, 0.2) is 0 Å². The third-order valence-corrected chi connectivity index (χ3v) is 5.42. The summed E-state index contributed by atoms with van der Waals surface area (Å²) in [5.74, 6) is 0. The molecule has 0 N–H and O–H groups in total. The largest absolute Gasteiger partial charge is 0.244 e. The molecule has 0 unspecified atom stereocenters. The van der Waals surface area contributed by atoms with Crippen molar-refractivity contribution in [1.82, 2.24) is 0 Å². The van der Waals surface area contributed by atoms with Gasteiger partial charge < -0.3 is 0 Å². The van der Waals surface area contributed by atoms with Gasteiger partial charge in [-0.05, 0) is 6.42 Å². The Morgan fingerprint density at radius 2 is 0.640 bits per heavy atom. The van der Waals surface area contributed by atoms with Gasteiger partial charge in [-0.3, -0.25) is 0 Å². The Hall–Kier alpha value is -0.0700. The highest BCUT2D eigenvalue weighted by Crippen LogP contribution is 2.15. The van der Waals surface area contributed by atoms with Crippen molar-refractivity contribution in [3.05, 3.63) is 6.67 Å². The van der Waals surface area contributed by atoms with Crippen molar-refractivity contribution in [3.63, 3.8) is 0 Å². The number of hydrogen-bond donors (Lipinski definition) is 0. The van der Waals surface area contributed by atoms with Crippen LogP contribution in [0.1, 0.15) is 148 Å². The Balaban J connectivity index is 2.94. The predicted octanol–water partition coefficient (Wildman–Crippen LogP) is 9.72. The molecule has 0 saturated heterocycles. The summed E-state index contributed by atoms with van der Waals surface area (Å²) in [6.45, 7) is 3.09. The van der Waals surface area contributed by atoms with E-state index in [0.29, 0.717) is 6.42 Å². The third-order valence-electron chi connectivity index (χ3n) is 5.42. The van der Waals surface area contributed by atoms with Crippen molar-refractivity contribution in [3.8, 4) is 0 Å². The zero-order valence-corrected chi connectivity index (χ0v) is 17.5. The molecule has 0 nitrogen and oxygen atoms in total. The molecule has 0 aromatic carbocycles. The van der Waals surface area contributed by atoms with Crippen LogP contribution in [0.25, 0.3) is 0 Å². The molecule has 0 heterocycles. The lowest BCUT2D eigenvalue weighted by Gasteiger charge is -2.04. The van der Waals surface area contributed by atoms with E-state index in [-0.39, 0.29) is 0 Å². The zero-order valence-electron chi connectivity index (χ0n) is 17.5. The van der Waals surface area contributed by atoms with Crippen molar-refractivity contribution < 1.29 is 4.39 Å². The molecule has 0 aromatic rings. The van der Waals surface area contributed by atoms with Gasteiger partial charge in [0.25, 0.3) is 0 Å². The van der Waals surface area contributed by atoms with Gasteiger partial charge >= 0.3 is 0 Å². The van der Waals surface area contributed by atoms with Crippen molar-refractivity contribution >= 4 is 0 Å². The molecule has 1 heteroatoms. The van der Waals surface area contributed by atoms with Gasteiger partial charge in [-0.15, -0.1) is 0 Å². The minimum atomic E-state index is 0.652. The van der Waals surface area contributed by atoms with Crippen LogP contribution in [0.5, 0.6) is 0 Å². The van der Waals surface area contributed by atoms with E-state index in [1.165, 1.54) is 128 Å². The first-order valence-corrected chi connectivity index (χ1v) is 11.8. The Bertz CT molecular complexity index is 192. The van der Waals surface area contributed by atoms with E-state index in [9.17, 15) is 4.39 Å². The minimum Gasteiger partial charge on any atom is -0.244 e. The maximum Gasteiger partial charge on any atom is 0.131 e. The fourth-order valence-corrected chi connectivity index (χ4v) is 3.65. The molecule has 0 aliphatic heterocycles. The average Bonchev–Trinajstić information content (AvgIpc) is 2.63. The SMILES string of the molecule is CCCCCCCCCCCCCCCCCCCCCCC[CH]F. The third kappa shape index (κ3) is 23.9. The predicted molar refractivity (Wildman–Crippen MR) is 113 cm³/mol. The molecule has 0 amide bonds. The molecule has 0 aliphatic carbocycles. The molecule has 0 saturated carbocycles. The molecular weight excluding hydrogens is 307 g/mol. The maximum absolute atomic E-state index is 11.8. The van der Waals surface area contributed by atoms with Crippen molar-refractivity contribution in [2.24, 2.45) is 0 Å². The Morgan fingerprint density at radius 3 is 0.880 bits per heavy atom. The van der Waals surface area contributed by atoms with Gasteiger partial charge in [-0.1, -0.05) is 142 Å². The molecule has 0 aromatic heterocycles. The van der Waals surface area contributed by atoms with Gasteiger partial charge in [0.2, 0.25) is 0 Å². The lowest BCUT2D eigenvalue weighted by atomic mass is 10.0. The summed E-state index contributed by atoms with van der Waals surface area (Å²) in [4.78, 5) is 0. The summed E-state index contributed by atoms with van der Waals surface area (Å²) < 4.78 is 11.8. The number of rotatable bonds is 22. The summed E-state index contributed by atoms with van der Waals surface area (Å²) in [6, 6.07) is 0. The van der Waals surface area contributed by atoms with E-state index in [1.807, 2.05) is 0 Å². The molecule has 0 atom stereocenters. The minimum absolute atomic E-state index is 0.652. The lowest BCUT2D eigenvalue weighted by molar-refractivity contribution is 0.512. The first-order chi connectivity index (χ1) is 12.4. The highest BCUT2D eigenvalue weighted by molar-refractivity contribution is 4.52. The second kappa shape index (κ2) is 23.9. The molecule has 25 heavy (non-hydrogen) atoms. The first kappa shape index (κ1) is 24.9. The second-order valence-corrected chi connectivity index (χ2v) is 8.01. The fourth-order valence-electron chi connectivity index (χ4n) is 3.65. The molecule has 0 bridgehead atoms. The molecule has 0 fully saturated rings. The summed E-state index contributed by atoms with van der Waals surface area (Å²) in [5, 5.41) is 0. The normalized spacial score (nSPS) is 11.3. The van der Waals surface area contributed by atoms with Gasteiger partial charge in [0.05, 0.1) is 0 Å². The summed E-state index contributed by atoms with van der Waals surface area (Å²) >= 11 is 0. The van der Waals surface area contributed by atoms with Gasteiger partial charge in [0, 0.05) is 0 Å². The van der Waals surface area contributed by atoms with Crippen molar-refractivity contribution in [2.45, 2.75) is 148 Å². The van der Waals surface area contributed by atoms with Crippen LogP contribution in [0, 0.1) is 6.67 Å². The average molecular weight is 356 g/mol. The van der Waals surface area contributed by atoms with E-state index in [0.717, 1.165) is 13.1 Å². The van der Waals surface area contributed by atoms with Gasteiger partial charge in [-0.2, -0.15) is 0 Å². The Labute approximate surface area is 159 Å². The van der Waals surface area contributed by atoms with E-state index in [4.69, 9.17) is 0 Å². The quantitative estimate of drug-likeness (QED) is 0.169. The second-order valence-electron chi connectivity index (χ2n) is 8.01. The molecule has 0 rings (SSSR count). The molecular formula is C24H48F. The van der Waals surface area contributed by atoms with Crippen LogP contribution >= 0.6 is 0 Å². The fraction of sp³-hybridized carbons (Fsp3) is 0.958. The van der Waals surface area contributed by atoms with E-state index in [1.54, 1.807) is 0 Å². The summed E-state index contributed by atoms with van der Waals surface area (Å²) in [7, 11) is 0. The summed E-state index contributed by atoms with van der Waals surface area (Å²) in [5.41, 5.74) is 0. The van der Waals surface area contributed by atoms with Crippen LogP contribution in [-0.4, -0.2) is 0 Å². The Kier molecular flexibility index (Phi) is 23.9.